The second-order valence-electron chi connectivity index (χ2n) is 3.99. The number of phosphoric ester groups is 1. The van der Waals surface area contributed by atoms with Gasteiger partial charge in [0, 0.05) is 6.92 Å². The van der Waals surface area contributed by atoms with Crippen molar-refractivity contribution in [3.8, 4) is 0 Å². The molecule has 5 atom stereocenters. The summed E-state index contributed by atoms with van der Waals surface area (Å²) < 4.78 is 19.5. The second-order valence-corrected chi connectivity index (χ2v) is 5.09. The molecule has 11 heteroatoms. The van der Waals surface area contributed by atoms with Crippen LogP contribution in [-0.2, 0) is 18.6 Å². The Morgan fingerprint density at radius 3 is 2.42 bits per heavy atom. The van der Waals surface area contributed by atoms with Crippen molar-refractivity contribution in [2.24, 2.45) is 0 Å². The summed E-state index contributed by atoms with van der Waals surface area (Å²) in [6.45, 7) is 0.329. The minimum absolute atomic E-state index is 0.664. The Balaban J connectivity index is 2.92. The first kappa shape index (κ1) is 16.5. The SMILES string of the molecule is CC(=O)N[C@@H]1C(OP(=O)([O-])[O-])O[C@H](CO)[C@@H](O)[C@@H]1O. The highest BCUT2D eigenvalue weighted by molar-refractivity contribution is 7.43. The van der Waals surface area contributed by atoms with Crippen LogP contribution in [-0.4, -0.2) is 58.5 Å². The predicted molar refractivity (Wildman–Crippen MR) is 54.1 cm³/mol. The molecule has 1 saturated heterocycles. The largest absolute Gasteiger partial charge is 0.790 e. The Bertz CT molecular complexity index is 371. The average Bonchev–Trinajstić information content (AvgIpc) is 2.26. The van der Waals surface area contributed by atoms with Crippen molar-refractivity contribution in [1.29, 1.82) is 0 Å². The summed E-state index contributed by atoms with van der Waals surface area (Å²) in [5.41, 5.74) is 0. The van der Waals surface area contributed by atoms with E-state index in [9.17, 15) is 29.4 Å². The van der Waals surface area contributed by atoms with E-state index in [0.717, 1.165) is 6.92 Å². The van der Waals surface area contributed by atoms with Gasteiger partial charge in [0.25, 0.3) is 0 Å². The molecule has 0 spiro atoms. The smallest absolute Gasteiger partial charge is 0.217 e. The third-order valence-corrected chi connectivity index (χ3v) is 2.95. The number of aliphatic hydroxyl groups is 3. The van der Waals surface area contributed by atoms with Crippen LogP contribution in [0.25, 0.3) is 0 Å². The van der Waals surface area contributed by atoms with E-state index in [1.807, 2.05) is 0 Å². The number of rotatable bonds is 4. The molecule has 0 aromatic heterocycles. The first-order valence-corrected chi connectivity index (χ1v) is 6.72. The number of hydrogen-bond donors (Lipinski definition) is 4. The number of carbonyl (C=O) groups is 1. The summed E-state index contributed by atoms with van der Waals surface area (Å²) in [7, 11) is -5.45. The fraction of sp³-hybridized carbons (Fsp3) is 0.875. The quantitative estimate of drug-likeness (QED) is 0.375. The monoisotopic (exact) mass is 299 g/mol. The normalized spacial score (nSPS) is 36.0. The molecule has 10 nitrogen and oxygen atoms in total. The molecule has 1 aliphatic heterocycles. The lowest BCUT2D eigenvalue weighted by Gasteiger charge is -2.45. The molecule has 1 unspecified atom stereocenters. The van der Waals surface area contributed by atoms with Gasteiger partial charge in [-0.2, -0.15) is 0 Å². The molecule has 1 aliphatic rings. The van der Waals surface area contributed by atoms with Gasteiger partial charge in [-0.1, -0.05) is 0 Å². The zero-order chi connectivity index (χ0) is 14.8. The maximum atomic E-state index is 10.9. The van der Waals surface area contributed by atoms with Crippen LogP contribution >= 0.6 is 7.82 Å². The average molecular weight is 299 g/mol. The molecule has 0 aliphatic carbocycles. The number of aliphatic hydroxyl groups excluding tert-OH is 3. The molecule has 4 N–H and O–H groups in total. The minimum atomic E-state index is -5.45. The van der Waals surface area contributed by atoms with Crippen LogP contribution in [0, 0.1) is 0 Å². The number of nitrogens with one attached hydrogen (secondary N) is 1. The molecule has 0 bridgehead atoms. The van der Waals surface area contributed by atoms with Crippen molar-refractivity contribution in [3.05, 3.63) is 0 Å². The molecular formula is C8H14NO9P-2. The third-order valence-electron chi connectivity index (χ3n) is 2.48. The van der Waals surface area contributed by atoms with E-state index in [1.165, 1.54) is 0 Å². The molecule has 19 heavy (non-hydrogen) atoms. The van der Waals surface area contributed by atoms with Gasteiger partial charge in [0.1, 0.15) is 24.4 Å². The summed E-state index contributed by atoms with van der Waals surface area (Å²) in [6, 6.07) is -1.47. The van der Waals surface area contributed by atoms with Crippen LogP contribution in [0.1, 0.15) is 6.92 Å². The predicted octanol–water partition coefficient (Wildman–Crippen LogP) is -4.22. The Kier molecular flexibility index (Phi) is 5.42. The highest BCUT2D eigenvalue weighted by Gasteiger charge is 2.45. The standard InChI is InChI=1S/C8H16NO9P/c1-3(11)9-5-7(13)6(12)4(2-10)17-8(5)18-19(14,15)16/h4-8,10,12-13H,2H2,1H3,(H,9,11)(H2,14,15,16)/p-2/t4-,5+,6-,7-,8?/m1/s1. The summed E-state index contributed by atoms with van der Waals surface area (Å²) >= 11 is 0. The molecule has 1 heterocycles. The zero-order valence-corrected chi connectivity index (χ0v) is 10.7. The van der Waals surface area contributed by atoms with E-state index in [4.69, 9.17) is 9.84 Å². The maximum absolute atomic E-state index is 10.9. The third kappa shape index (κ3) is 4.48. The van der Waals surface area contributed by atoms with E-state index in [-0.39, 0.29) is 0 Å². The molecule has 0 aromatic rings. The number of amides is 1. The van der Waals surface area contributed by atoms with Crippen molar-refractivity contribution in [2.75, 3.05) is 6.61 Å². The molecule has 0 aromatic carbocycles. The van der Waals surface area contributed by atoms with Crippen molar-refractivity contribution in [3.63, 3.8) is 0 Å². The van der Waals surface area contributed by atoms with Crippen LogP contribution < -0.4 is 15.1 Å². The second kappa shape index (κ2) is 6.25. The minimum Gasteiger partial charge on any atom is -0.790 e. The van der Waals surface area contributed by atoms with Gasteiger partial charge in [-0.05, 0) is 0 Å². The van der Waals surface area contributed by atoms with Gasteiger partial charge >= 0.3 is 0 Å². The van der Waals surface area contributed by atoms with Gasteiger partial charge < -0.3 is 44.2 Å². The zero-order valence-electron chi connectivity index (χ0n) is 9.83. The summed E-state index contributed by atoms with van der Waals surface area (Å²) in [5, 5.41) is 30.3. The van der Waals surface area contributed by atoms with E-state index < -0.39 is 51.0 Å². The van der Waals surface area contributed by atoms with Gasteiger partial charge in [0.2, 0.25) is 5.91 Å². The highest BCUT2D eigenvalue weighted by atomic mass is 31.2. The first-order chi connectivity index (χ1) is 8.65. The van der Waals surface area contributed by atoms with Crippen LogP contribution in [0.4, 0.5) is 0 Å². The lowest BCUT2D eigenvalue weighted by molar-refractivity contribution is -0.362. The lowest BCUT2D eigenvalue weighted by Crippen LogP contribution is -2.64. The van der Waals surface area contributed by atoms with Crippen LogP contribution in [0.15, 0.2) is 0 Å². The van der Waals surface area contributed by atoms with Crippen LogP contribution in [0.2, 0.25) is 0 Å². The Morgan fingerprint density at radius 1 is 1.42 bits per heavy atom. The number of ether oxygens (including phenoxy) is 1. The molecule has 112 valence electrons. The van der Waals surface area contributed by atoms with Gasteiger partial charge in [0.15, 0.2) is 6.29 Å². The molecular weight excluding hydrogens is 285 g/mol. The molecule has 1 rings (SSSR count). The van der Waals surface area contributed by atoms with E-state index in [1.54, 1.807) is 0 Å². The van der Waals surface area contributed by atoms with Crippen molar-refractivity contribution in [2.45, 2.75) is 37.6 Å². The molecule has 1 amide bonds. The summed E-state index contributed by atoms with van der Waals surface area (Å²) in [4.78, 5) is 32.1. The van der Waals surface area contributed by atoms with Crippen LogP contribution in [0.5, 0.6) is 0 Å². The topological polar surface area (TPSA) is 171 Å². The van der Waals surface area contributed by atoms with E-state index in [2.05, 4.69) is 9.84 Å². The molecule has 1 fully saturated rings. The molecule has 0 radical (unpaired) electrons. The Hall–Kier alpha value is -0.580. The maximum Gasteiger partial charge on any atom is 0.217 e. The van der Waals surface area contributed by atoms with E-state index >= 15 is 0 Å². The lowest BCUT2D eigenvalue weighted by atomic mass is 9.97. The number of hydrogen-bond acceptors (Lipinski definition) is 9. The summed E-state index contributed by atoms with van der Waals surface area (Å²) in [5.74, 6) is -0.664. The highest BCUT2D eigenvalue weighted by Crippen LogP contribution is 2.33. The van der Waals surface area contributed by atoms with Crippen LogP contribution in [0.3, 0.4) is 0 Å². The summed E-state index contributed by atoms with van der Waals surface area (Å²) in [6.07, 6.45) is -6.44. The van der Waals surface area contributed by atoms with Crippen molar-refractivity contribution < 1.29 is 43.7 Å². The fourth-order valence-corrected chi connectivity index (χ4v) is 2.12. The Morgan fingerprint density at radius 2 is 2.00 bits per heavy atom. The molecule has 0 saturated carbocycles. The number of phosphoric acid groups is 1. The van der Waals surface area contributed by atoms with Gasteiger partial charge in [-0.25, -0.2) is 0 Å². The Labute approximate surface area is 108 Å². The number of carbonyl (C=O) groups excluding carboxylic acids is 1. The van der Waals surface area contributed by atoms with E-state index in [0.29, 0.717) is 0 Å². The van der Waals surface area contributed by atoms with Gasteiger partial charge in [-0.3, -0.25) is 4.79 Å². The van der Waals surface area contributed by atoms with Crippen molar-refractivity contribution >= 4 is 13.7 Å². The van der Waals surface area contributed by atoms with Crippen molar-refractivity contribution in [1.82, 2.24) is 5.32 Å². The van der Waals surface area contributed by atoms with Gasteiger partial charge in [0.05, 0.1) is 14.4 Å². The van der Waals surface area contributed by atoms with Gasteiger partial charge in [-0.15, -0.1) is 0 Å². The first-order valence-electron chi connectivity index (χ1n) is 5.25. The fourth-order valence-electron chi connectivity index (χ4n) is 1.69.